The third-order valence-electron chi connectivity index (χ3n) is 5.36. The number of hydrogen-bond donors (Lipinski definition) is 0. The second kappa shape index (κ2) is 6.94. The van der Waals surface area contributed by atoms with Gasteiger partial charge < -0.3 is 9.47 Å². The lowest BCUT2D eigenvalue weighted by molar-refractivity contribution is -0.147. The summed E-state index contributed by atoms with van der Waals surface area (Å²) in [5.41, 5.74) is 1.10. The number of esters is 1. The number of carbonyl (C=O) groups excluding carboxylic acids is 1. The quantitative estimate of drug-likeness (QED) is 0.367. The minimum Gasteiger partial charge on any atom is -0.461 e. The molecule has 1 aliphatic heterocycles. The lowest BCUT2D eigenvalue weighted by atomic mass is 9.60. The van der Waals surface area contributed by atoms with Crippen LogP contribution < -0.4 is 0 Å². The van der Waals surface area contributed by atoms with E-state index in [1.807, 2.05) is 0 Å². The summed E-state index contributed by atoms with van der Waals surface area (Å²) >= 11 is 7.42. The summed E-state index contributed by atoms with van der Waals surface area (Å²) in [5.74, 6) is 0.192. The van der Waals surface area contributed by atoms with Crippen LogP contribution in [-0.2, 0) is 14.3 Å². The molecule has 0 amide bonds. The number of hydrogen-bond acceptors (Lipinski definition) is 3. The molecule has 1 saturated carbocycles. The zero-order valence-electron chi connectivity index (χ0n) is 13.8. The van der Waals surface area contributed by atoms with Crippen LogP contribution >= 0.6 is 31.9 Å². The molecule has 0 spiro atoms. The van der Waals surface area contributed by atoms with Crippen molar-refractivity contribution in [3.8, 4) is 0 Å². The number of fused-ring (bicyclic) bond motifs is 1. The molecule has 4 atom stereocenters. The van der Waals surface area contributed by atoms with Crippen molar-refractivity contribution >= 4 is 37.8 Å². The van der Waals surface area contributed by atoms with Gasteiger partial charge >= 0.3 is 5.97 Å². The maximum Gasteiger partial charge on any atom is 0.302 e. The van der Waals surface area contributed by atoms with E-state index in [9.17, 15) is 4.79 Å². The van der Waals surface area contributed by atoms with Gasteiger partial charge in [-0.05, 0) is 43.1 Å². The molecule has 5 heteroatoms. The Hall–Kier alpha value is 0.130. The summed E-state index contributed by atoms with van der Waals surface area (Å²) in [7, 11) is 0. The molecule has 22 heavy (non-hydrogen) atoms. The molecule has 0 N–H and O–H groups in total. The van der Waals surface area contributed by atoms with Crippen molar-refractivity contribution in [2.24, 2.45) is 11.3 Å². The van der Waals surface area contributed by atoms with Gasteiger partial charge in [0.25, 0.3) is 0 Å². The second-order valence-corrected chi connectivity index (χ2v) is 9.00. The zero-order valence-corrected chi connectivity index (χ0v) is 17.0. The maximum absolute atomic E-state index is 11.1. The topological polar surface area (TPSA) is 35.5 Å². The van der Waals surface area contributed by atoms with Gasteiger partial charge in [-0.3, -0.25) is 4.79 Å². The van der Waals surface area contributed by atoms with Gasteiger partial charge in [0, 0.05) is 17.1 Å². The van der Waals surface area contributed by atoms with E-state index in [2.05, 4.69) is 58.7 Å². The second-order valence-electron chi connectivity index (χ2n) is 7.25. The molecule has 0 aromatic rings. The van der Waals surface area contributed by atoms with E-state index in [1.165, 1.54) is 6.92 Å². The fraction of sp³-hybridized carbons (Fsp3) is 0.824. The SMILES string of the molecule is CC(=O)OCC1=CC[C@H]2C(C)(C)[C@@H](Br)CC[C@]2(C)O[C@@H]1CBr. The molecule has 0 aromatic carbocycles. The lowest BCUT2D eigenvalue weighted by Gasteiger charge is -2.52. The monoisotopic (exact) mass is 436 g/mol. The van der Waals surface area contributed by atoms with Crippen molar-refractivity contribution in [1.29, 1.82) is 0 Å². The maximum atomic E-state index is 11.1. The van der Waals surface area contributed by atoms with Crippen LogP contribution in [0.5, 0.6) is 0 Å². The Balaban J connectivity index is 2.27. The minimum absolute atomic E-state index is 0.0305. The van der Waals surface area contributed by atoms with Gasteiger partial charge in [0.15, 0.2) is 0 Å². The molecule has 0 radical (unpaired) electrons. The molecular weight excluding hydrogens is 412 g/mol. The van der Waals surface area contributed by atoms with E-state index < -0.39 is 0 Å². The molecule has 1 aliphatic carbocycles. The largest absolute Gasteiger partial charge is 0.461 e. The van der Waals surface area contributed by atoms with Crippen LogP contribution in [0, 0.1) is 11.3 Å². The highest BCUT2D eigenvalue weighted by Gasteiger charge is 2.52. The minimum atomic E-state index is -0.247. The number of rotatable bonds is 3. The predicted octanol–water partition coefficient (Wildman–Crippen LogP) is 4.62. The van der Waals surface area contributed by atoms with Gasteiger partial charge in [0.2, 0.25) is 0 Å². The Morgan fingerprint density at radius 2 is 2.14 bits per heavy atom. The molecular formula is C17H26Br2O3. The average molecular weight is 438 g/mol. The number of allylic oxidation sites excluding steroid dienone is 1. The molecule has 3 nitrogen and oxygen atoms in total. The molecule has 0 unspecified atom stereocenters. The Bertz CT molecular complexity index is 461. The van der Waals surface area contributed by atoms with Gasteiger partial charge in [0.1, 0.15) is 6.61 Å². The van der Waals surface area contributed by atoms with E-state index in [0.717, 1.165) is 30.2 Å². The Morgan fingerprint density at radius 3 is 2.73 bits per heavy atom. The van der Waals surface area contributed by atoms with Crippen LogP contribution in [0.4, 0.5) is 0 Å². The molecule has 0 bridgehead atoms. The Morgan fingerprint density at radius 1 is 1.45 bits per heavy atom. The highest BCUT2D eigenvalue weighted by Crippen LogP contribution is 2.54. The fourth-order valence-electron chi connectivity index (χ4n) is 3.93. The zero-order chi connectivity index (χ0) is 16.5. The van der Waals surface area contributed by atoms with Crippen molar-refractivity contribution in [3.63, 3.8) is 0 Å². The number of carbonyl (C=O) groups is 1. The average Bonchev–Trinajstić information content (AvgIpc) is 2.58. The highest BCUT2D eigenvalue weighted by atomic mass is 79.9. The Labute approximate surface area is 150 Å². The predicted molar refractivity (Wildman–Crippen MR) is 95.6 cm³/mol. The summed E-state index contributed by atoms with van der Waals surface area (Å²) in [6.45, 7) is 8.67. The first-order valence-electron chi connectivity index (χ1n) is 7.91. The van der Waals surface area contributed by atoms with Crippen molar-refractivity contribution in [2.45, 2.75) is 63.5 Å². The lowest BCUT2D eigenvalue weighted by Crippen LogP contribution is -2.53. The molecule has 2 rings (SSSR count). The van der Waals surface area contributed by atoms with Gasteiger partial charge in [-0.1, -0.05) is 51.8 Å². The van der Waals surface area contributed by atoms with Gasteiger partial charge in [-0.15, -0.1) is 0 Å². The third kappa shape index (κ3) is 3.62. The normalized spacial score (nSPS) is 37.7. The van der Waals surface area contributed by atoms with Crippen LogP contribution in [0.2, 0.25) is 0 Å². The van der Waals surface area contributed by atoms with E-state index in [1.54, 1.807) is 0 Å². The standard InChI is InChI=1S/C17H26Br2O3/c1-11(20)21-10-12-5-6-14-16(2,3)15(19)7-8-17(14,4)22-13(12)9-18/h5,13-15H,6-10H2,1-4H3/t13-,14+,15+,17+/m1/s1. The number of halogens is 2. The summed E-state index contributed by atoms with van der Waals surface area (Å²) in [6.07, 6.45) is 5.34. The smallest absolute Gasteiger partial charge is 0.302 e. The molecule has 1 heterocycles. The first-order chi connectivity index (χ1) is 10.2. The number of ether oxygens (including phenoxy) is 2. The van der Waals surface area contributed by atoms with Crippen LogP contribution in [0.15, 0.2) is 11.6 Å². The fourth-order valence-corrected chi connectivity index (χ4v) is 5.02. The molecule has 0 aromatic heterocycles. The van der Waals surface area contributed by atoms with Crippen molar-refractivity contribution in [1.82, 2.24) is 0 Å². The highest BCUT2D eigenvalue weighted by molar-refractivity contribution is 9.09. The number of alkyl halides is 2. The van der Waals surface area contributed by atoms with Crippen LogP contribution in [-0.4, -0.2) is 34.4 Å². The van der Waals surface area contributed by atoms with E-state index in [0.29, 0.717) is 17.4 Å². The molecule has 0 saturated heterocycles. The van der Waals surface area contributed by atoms with Crippen LogP contribution in [0.3, 0.4) is 0 Å². The van der Waals surface area contributed by atoms with Crippen LogP contribution in [0.1, 0.15) is 47.0 Å². The van der Waals surface area contributed by atoms with E-state index in [4.69, 9.17) is 9.47 Å². The van der Waals surface area contributed by atoms with E-state index >= 15 is 0 Å². The Kier molecular flexibility index (Phi) is 5.82. The van der Waals surface area contributed by atoms with Crippen molar-refractivity contribution in [2.75, 3.05) is 11.9 Å². The first kappa shape index (κ1) is 18.5. The first-order valence-corrected chi connectivity index (χ1v) is 9.94. The summed E-state index contributed by atoms with van der Waals surface area (Å²) < 4.78 is 11.8. The van der Waals surface area contributed by atoms with Crippen LogP contribution in [0.25, 0.3) is 0 Å². The van der Waals surface area contributed by atoms with E-state index in [-0.39, 0.29) is 23.1 Å². The summed E-state index contributed by atoms with van der Waals surface area (Å²) in [4.78, 5) is 11.6. The summed E-state index contributed by atoms with van der Waals surface area (Å²) in [6, 6.07) is 0. The summed E-state index contributed by atoms with van der Waals surface area (Å²) in [5, 5.41) is 0.723. The molecule has 126 valence electrons. The van der Waals surface area contributed by atoms with Gasteiger partial charge in [-0.25, -0.2) is 0 Å². The molecule has 1 fully saturated rings. The third-order valence-corrected chi connectivity index (χ3v) is 7.59. The van der Waals surface area contributed by atoms with Crippen molar-refractivity contribution < 1.29 is 14.3 Å². The van der Waals surface area contributed by atoms with Gasteiger partial charge in [0.05, 0.1) is 11.7 Å². The van der Waals surface area contributed by atoms with Gasteiger partial charge in [-0.2, -0.15) is 0 Å². The molecule has 2 aliphatic rings. The van der Waals surface area contributed by atoms with Crippen molar-refractivity contribution in [3.05, 3.63) is 11.6 Å².